The van der Waals surface area contributed by atoms with Gasteiger partial charge in [0.2, 0.25) is 10.0 Å². The van der Waals surface area contributed by atoms with Crippen molar-refractivity contribution >= 4 is 43.3 Å². The standard InChI is InChI=1S/C13H18BrNO4S2/c1-3-4-13(12(16)17)5-6-15(8-13)21(18,19)10-7-11(14)20-9(10)2/h7H,3-6,8H2,1-2H3,(H,16,17). The largest absolute Gasteiger partial charge is 0.481 e. The minimum Gasteiger partial charge on any atom is -0.481 e. The number of thiophene rings is 1. The van der Waals surface area contributed by atoms with Crippen LogP contribution >= 0.6 is 27.3 Å². The highest BCUT2D eigenvalue weighted by atomic mass is 79.9. The van der Waals surface area contributed by atoms with Gasteiger partial charge in [-0.05, 0) is 41.8 Å². The molecule has 118 valence electrons. The topological polar surface area (TPSA) is 74.7 Å². The Balaban J connectivity index is 2.32. The molecule has 1 aromatic rings. The summed E-state index contributed by atoms with van der Waals surface area (Å²) in [6.45, 7) is 4.00. The lowest BCUT2D eigenvalue weighted by Gasteiger charge is -2.24. The van der Waals surface area contributed by atoms with E-state index in [1.165, 1.54) is 15.6 Å². The first kappa shape index (κ1) is 16.9. The molecule has 0 bridgehead atoms. The molecule has 0 amide bonds. The maximum Gasteiger partial charge on any atom is 0.311 e. The third-order valence-electron chi connectivity index (χ3n) is 3.96. The van der Waals surface area contributed by atoms with Crippen molar-refractivity contribution in [3.63, 3.8) is 0 Å². The highest BCUT2D eigenvalue weighted by Gasteiger charge is 2.48. The Bertz CT molecular complexity index is 655. The van der Waals surface area contributed by atoms with Gasteiger partial charge in [-0.25, -0.2) is 8.42 Å². The number of aryl methyl sites for hydroxylation is 1. The summed E-state index contributed by atoms with van der Waals surface area (Å²) in [7, 11) is -3.62. The lowest BCUT2D eigenvalue weighted by molar-refractivity contribution is -0.148. The number of nitrogens with zero attached hydrogens (tertiary/aromatic N) is 1. The number of sulfonamides is 1. The highest BCUT2D eigenvalue weighted by Crippen LogP contribution is 2.40. The lowest BCUT2D eigenvalue weighted by atomic mass is 9.83. The van der Waals surface area contributed by atoms with Crippen molar-refractivity contribution < 1.29 is 18.3 Å². The van der Waals surface area contributed by atoms with Gasteiger partial charge in [0.05, 0.1) is 14.1 Å². The number of carboxylic acid groups (broad SMARTS) is 1. The number of carboxylic acids is 1. The summed E-state index contributed by atoms with van der Waals surface area (Å²) < 4.78 is 27.5. The Labute approximate surface area is 137 Å². The van der Waals surface area contributed by atoms with Crippen LogP contribution in [0.25, 0.3) is 0 Å². The second-order valence-corrected chi connectivity index (χ2v) is 9.94. The van der Waals surface area contributed by atoms with Crippen molar-refractivity contribution in [3.8, 4) is 0 Å². The van der Waals surface area contributed by atoms with Gasteiger partial charge in [0.15, 0.2) is 0 Å². The van der Waals surface area contributed by atoms with E-state index in [2.05, 4.69) is 15.9 Å². The molecule has 0 saturated carbocycles. The van der Waals surface area contributed by atoms with E-state index in [1.54, 1.807) is 13.0 Å². The van der Waals surface area contributed by atoms with Crippen LogP contribution in [0.4, 0.5) is 0 Å². The highest BCUT2D eigenvalue weighted by molar-refractivity contribution is 9.11. The molecule has 1 atom stereocenters. The van der Waals surface area contributed by atoms with Gasteiger partial charge in [-0.1, -0.05) is 13.3 Å². The smallest absolute Gasteiger partial charge is 0.311 e. The second-order valence-electron chi connectivity index (χ2n) is 5.40. The Morgan fingerprint density at radius 1 is 1.57 bits per heavy atom. The van der Waals surface area contributed by atoms with Gasteiger partial charge in [-0.15, -0.1) is 11.3 Å². The summed E-state index contributed by atoms with van der Waals surface area (Å²) in [5.41, 5.74) is -0.941. The van der Waals surface area contributed by atoms with Crippen molar-refractivity contribution in [3.05, 3.63) is 14.7 Å². The third-order valence-corrected chi connectivity index (χ3v) is 7.62. The molecule has 1 N–H and O–H groups in total. The van der Waals surface area contributed by atoms with Gasteiger partial charge in [0.25, 0.3) is 0 Å². The molecular formula is C13H18BrNO4S2. The molecule has 21 heavy (non-hydrogen) atoms. The summed E-state index contributed by atoms with van der Waals surface area (Å²) >= 11 is 4.66. The molecule has 2 heterocycles. The summed E-state index contributed by atoms with van der Waals surface area (Å²) in [4.78, 5) is 12.6. The van der Waals surface area contributed by atoms with Crippen LogP contribution in [-0.2, 0) is 14.8 Å². The summed E-state index contributed by atoms with van der Waals surface area (Å²) in [6.07, 6.45) is 1.60. The maximum absolute atomic E-state index is 12.7. The molecule has 0 spiro atoms. The van der Waals surface area contributed by atoms with Gasteiger partial charge >= 0.3 is 5.97 Å². The van der Waals surface area contributed by atoms with Crippen LogP contribution < -0.4 is 0 Å². The van der Waals surface area contributed by atoms with Gasteiger partial charge < -0.3 is 5.11 Å². The Morgan fingerprint density at radius 3 is 2.71 bits per heavy atom. The van der Waals surface area contributed by atoms with Gasteiger partial charge in [-0.2, -0.15) is 4.31 Å². The molecule has 1 unspecified atom stereocenters. The Kier molecular flexibility index (Phi) is 4.82. The molecule has 0 aliphatic carbocycles. The van der Waals surface area contributed by atoms with Crippen molar-refractivity contribution in [2.24, 2.45) is 5.41 Å². The first-order chi connectivity index (χ1) is 9.73. The third kappa shape index (κ3) is 3.04. The fourth-order valence-electron chi connectivity index (χ4n) is 2.83. The van der Waals surface area contributed by atoms with Gasteiger partial charge in [0, 0.05) is 18.0 Å². The van der Waals surface area contributed by atoms with E-state index in [1.807, 2.05) is 6.92 Å². The molecule has 1 saturated heterocycles. The van der Waals surface area contributed by atoms with Gasteiger partial charge in [-0.3, -0.25) is 4.79 Å². The Morgan fingerprint density at radius 2 is 2.24 bits per heavy atom. The zero-order valence-corrected chi connectivity index (χ0v) is 15.1. The number of aliphatic carboxylic acids is 1. The predicted molar refractivity (Wildman–Crippen MR) is 85.1 cm³/mol. The fraction of sp³-hybridized carbons (Fsp3) is 0.615. The van der Waals surface area contributed by atoms with Crippen molar-refractivity contribution in [1.29, 1.82) is 0 Å². The molecule has 1 aliphatic rings. The van der Waals surface area contributed by atoms with Crippen LogP contribution in [0, 0.1) is 12.3 Å². The normalized spacial score (nSPS) is 23.6. The second kappa shape index (κ2) is 5.98. The molecule has 2 rings (SSSR count). The van der Waals surface area contributed by atoms with E-state index in [9.17, 15) is 18.3 Å². The summed E-state index contributed by atoms with van der Waals surface area (Å²) in [5, 5.41) is 9.48. The first-order valence-electron chi connectivity index (χ1n) is 6.72. The lowest BCUT2D eigenvalue weighted by Crippen LogP contribution is -2.37. The molecule has 0 aromatic carbocycles. The molecule has 1 aromatic heterocycles. The number of carbonyl (C=O) groups is 1. The molecule has 5 nitrogen and oxygen atoms in total. The SMILES string of the molecule is CCCC1(C(=O)O)CCN(S(=O)(=O)c2cc(Br)sc2C)C1. The van der Waals surface area contributed by atoms with E-state index < -0.39 is 21.4 Å². The minimum absolute atomic E-state index is 0.0609. The minimum atomic E-state index is -3.62. The summed E-state index contributed by atoms with van der Waals surface area (Å²) in [5.74, 6) is -0.898. The van der Waals surface area contributed by atoms with E-state index in [0.29, 0.717) is 17.7 Å². The van der Waals surface area contributed by atoms with E-state index in [4.69, 9.17) is 0 Å². The average Bonchev–Trinajstić information content (AvgIpc) is 2.95. The zero-order chi connectivity index (χ0) is 15.8. The number of halogens is 1. The molecular weight excluding hydrogens is 378 g/mol. The van der Waals surface area contributed by atoms with Crippen LogP contribution in [0.5, 0.6) is 0 Å². The predicted octanol–water partition coefficient (Wildman–Crippen LogP) is 3.08. The zero-order valence-electron chi connectivity index (χ0n) is 11.9. The van der Waals surface area contributed by atoms with E-state index >= 15 is 0 Å². The average molecular weight is 396 g/mol. The van der Waals surface area contributed by atoms with Crippen LogP contribution in [0.1, 0.15) is 31.1 Å². The molecule has 0 radical (unpaired) electrons. The van der Waals surface area contributed by atoms with Crippen LogP contribution in [-0.4, -0.2) is 36.9 Å². The monoisotopic (exact) mass is 395 g/mol. The fourth-order valence-corrected chi connectivity index (χ4v) is 6.74. The van der Waals surface area contributed by atoms with Crippen molar-refractivity contribution in [2.75, 3.05) is 13.1 Å². The number of hydrogen-bond acceptors (Lipinski definition) is 4. The van der Waals surface area contributed by atoms with Crippen LogP contribution in [0.3, 0.4) is 0 Å². The maximum atomic E-state index is 12.7. The van der Waals surface area contributed by atoms with Crippen molar-refractivity contribution in [1.82, 2.24) is 4.31 Å². The number of rotatable bonds is 5. The van der Waals surface area contributed by atoms with Crippen LogP contribution in [0.15, 0.2) is 14.7 Å². The number of hydrogen-bond donors (Lipinski definition) is 1. The van der Waals surface area contributed by atoms with Crippen molar-refractivity contribution in [2.45, 2.75) is 38.0 Å². The van der Waals surface area contributed by atoms with Crippen LogP contribution in [0.2, 0.25) is 0 Å². The summed E-state index contributed by atoms with van der Waals surface area (Å²) in [6, 6.07) is 1.59. The quantitative estimate of drug-likeness (QED) is 0.830. The Hall–Kier alpha value is -0.440. The first-order valence-corrected chi connectivity index (χ1v) is 9.77. The van der Waals surface area contributed by atoms with Gasteiger partial charge in [0.1, 0.15) is 0 Å². The molecule has 1 aliphatic heterocycles. The molecule has 8 heteroatoms. The van der Waals surface area contributed by atoms with E-state index in [-0.39, 0.29) is 18.0 Å². The molecule has 1 fully saturated rings. The van der Waals surface area contributed by atoms with E-state index in [0.717, 1.165) is 10.2 Å².